The number of nitrogen functional groups attached to an aromatic ring is 1. The first-order valence-electron chi connectivity index (χ1n) is 4.85. The van der Waals surface area contributed by atoms with E-state index in [0.717, 1.165) is 17.8 Å². The first kappa shape index (κ1) is 11.7. The van der Waals surface area contributed by atoms with E-state index in [0.29, 0.717) is 5.75 Å². The zero-order valence-corrected chi connectivity index (χ0v) is 9.51. The van der Waals surface area contributed by atoms with Crippen LogP contribution in [0.15, 0.2) is 18.2 Å². The van der Waals surface area contributed by atoms with Crippen molar-refractivity contribution >= 4 is 34.3 Å². The van der Waals surface area contributed by atoms with Crippen LogP contribution in [-0.2, 0) is 4.79 Å². The van der Waals surface area contributed by atoms with Crippen molar-refractivity contribution in [3.8, 4) is 0 Å². The fourth-order valence-corrected chi connectivity index (χ4v) is 2.16. The third kappa shape index (κ3) is 2.68. The van der Waals surface area contributed by atoms with Gasteiger partial charge in [-0.2, -0.15) is 0 Å². The molecule has 1 aliphatic heterocycles. The Balaban J connectivity index is 2.07. The van der Waals surface area contributed by atoms with Gasteiger partial charge in [0, 0.05) is 5.75 Å². The third-order valence-electron chi connectivity index (χ3n) is 2.26. The molecule has 17 heavy (non-hydrogen) atoms. The van der Waals surface area contributed by atoms with Crippen LogP contribution in [0.5, 0.6) is 0 Å². The number of rotatable bonds is 2. The minimum absolute atomic E-state index is 0.209. The maximum absolute atomic E-state index is 13.0. The molecule has 1 unspecified atom stereocenters. The van der Waals surface area contributed by atoms with E-state index in [4.69, 9.17) is 5.73 Å². The molecule has 0 aromatic heterocycles. The van der Waals surface area contributed by atoms with Gasteiger partial charge < -0.3 is 16.4 Å². The second-order valence-electron chi connectivity index (χ2n) is 3.52. The van der Waals surface area contributed by atoms with E-state index >= 15 is 0 Å². The summed E-state index contributed by atoms with van der Waals surface area (Å²) in [5, 5.41) is 4.73. The van der Waals surface area contributed by atoms with Crippen molar-refractivity contribution in [2.75, 3.05) is 16.8 Å². The van der Waals surface area contributed by atoms with Crippen molar-refractivity contribution in [2.24, 2.45) is 0 Å². The molecule has 0 spiro atoms. The van der Waals surface area contributed by atoms with E-state index in [9.17, 15) is 14.0 Å². The van der Waals surface area contributed by atoms with Crippen molar-refractivity contribution in [1.29, 1.82) is 0 Å². The Morgan fingerprint density at radius 3 is 3.00 bits per heavy atom. The molecule has 7 heteroatoms. The highest BCUT2D eigenvalue weighted by molar-refractivity contribution is 8.14. The number of hydrogen-bond donors (Lipinski definition) is 3. The Morgan fingerprint density at radius 1 is 1.59 bits per heavy atom. The molecule has 2 amide bonds. The Labute approximate surface area is 101 Å². The Hall–Kier alpha value is -1.76. The topological polar surface area (TPSA) is 84.2 Å². The van der Waals surface area contributed by atoms with Crippen molar-refractivity contribution in [3.63, 3.8) is 0 Å². The normalized spacial score (nSPS) is 18.9. The highest BCUT2D eigenvalue weighted by Gasteiger charge is 2.28. The van der Waals surface area contributed by atoms with Crippen LogP contribution in [0.4, 0.5) is 20.6 Å². The van der Waals surface area contributed by atoms with E-state index in [2.05, 4.69) is 10.6 Å². The van der Waals surface area contributed by atoms with Crippen molar-refractivity contribution in [2.45, 2.75) is 6.04 Å². The average molecular weight is 255 g/mol. The molecular formula is C10H10FN3O2S. The number of nitrogens with one attached hydrogen (secondary N) is 2. The number of hydrogen-bond acceptors (Lipinski definition) is 4. The molecule has 0 saturated carbocycles. The largest absolute Gasteiger partial charge is 0.397 e. The molecule has 0 aliphatic carbocycles. The molecule has 4 N–H and O–H groups in total. The number of amides is 2. The van der Waals surface area contributed by atoms with Crippen LogP contribution < -0.4 is 16.4 Å². The van der Waals surface area contributed by atoms with Crippen molar-refractivity contribution < 1.29 is 14.0 Å². The molecule has 1 aliphatic rings. The molecule has 1 heterocycles. The van der Waals surface area contributed by atoms with Crippen LogP contribution in [0.2, 0.25) is 0 Å². The van der Waals surface area contributed by atoms with Gasteiger partial charge in [-0.05, 0) is 18.2 Å². The summed E-state index contributed by atoms with van der Waals surface area (Å²) in [6.07, 6.45) is 0. The maximum Gasteiger partial charge on any atom is 0.279 e. The van der Waals surface area contributed by atoms with Crippen LogP contribution in [0.3, 0.4) is 0 Å². The molecule has 1 aromatic carbocycles. The minimum Gasteiger partial charge on any atom is -0.397 e. The number of thioether (sulfide) groups is 1. The smallest absolute Gasteiger partial charge is 0.279 e. The summed E-state index contributed by atoms with van der Waals surface area (Å²) in [6, 6.07) is 3.11. The van der Waals surface area contributed by atoms with Gasteiger partial charge in [0.1, 0.15) is 11.9 Å². The number of carbonyl (C=O) groups excluding carboxylic acids is 2. The highest BCUT2D eigenvalue weighted by atomic mass is 32.2. The molecular weight excluding hydrogens is 245 g/mol. The Morgan fingerprint density at radius 2 is 2.35 bits per heavy atom. The molecule has 5 nitrogen and oxygen atoms in total. The molecule has 0 bridgehead atoms. The van der Waals surface area contributed by atoms with Crippen LogP contribution >= 0.6 is 11.8 Å². The fourth-order valence-electron chi connectivity index (χ4n) is 1.38. The summed E-state index contributed by atoms with van der Waals surface area (Å²) >= 11 is 1.04. The van der Waals surface area contributed by atoms with E-state index in [1.165, 1.54) is 12.1 Å². The van der Waals surface area contributed by atoms with Crippen LogP contribution in [0, 0.1) is 5.82 Å². The summed E-state index contributed by atoms with van der Waals surface area (Å²) in [5.41, 5.74) is 6.07. The number of anilines is 2. The van der Waals surface area contributed by atoms with Crippen LogP contribution in [-0.4, -0.2) is 22.9 Å². The van der Waals surface area contributed by atoms with E-state index in [1.54, 1.807) is 0 Å². The van der Waals surface area contributed by atoms with E-state index < -0.39 is 17.8 Å². The highest BCUT2D eigenvalue weighted by Crippen LogP contribution is 2.21. The van der Waals surface area contributed by atoms with Gasteiger partial charge in [-0.25, -0.2) is 4.39 Å². The lowest BCUT2D eigenvalue weighted by Gasteiger charge is -2.11. The van der Waals surface area contributed by atoms with Gasteiger partial charge in [0.2, 0.25) is 5.91 Å². The standard InChI is InChI=1S/C10H10FN3O2S/c11-5-1-2-6(12)7(3-5)13-9(15)8-4-17-10(16)14-8/h1-3,8H,4,12H2,(H,13,15)(H,14,16). The second-order valence-corrected chi connectivity index (χ2v) is 4.51. The van der Waals surface area contributed by atoms with Gasteiger partial charge in [-0.1, -0.05) is 11.8 Å². The summed E-state index contributed by atoms with van der Waals surface area (Å²) in [4.78, 5) is 22.6. The van der Waals surface area contributed by atoms with Gasteiger partial charge in [-0.3, -0.25) is 9.59 Å². The molecule has 1 saturated heterocycles. The lowest BCUT2D eigenvalue weighted by Crippen LogP contribution is -2.38. The van der Waals surface area contributed by atoms with Crippen molar-refractivity contribution in [3.05, 3.63) is 24.0 Å². The average Bonchev–Trinajstić information content (AvgIpc) is 2.70. The second kappa shape index (κ2) is 4.62. The predicted octanol–water partition coefficient (Wildman–Crippen LogP) is 1.17. The number of carbonyl (C=O) groups is 2. The molecule has 2 rings (SSSR count). The van der Waals surface area contributed by atoms with Crippen LogP contribution in [0.25, 0.3) is 0 Å². The zero-order chi connectivity index (χ0) is 12.4. The lowest BCUT2D eigenvalue weighted by molar-refractivity contribution is -0.117. The summed E-state index contributed by atoms with van der Waals surface area (Å²) in [7, 11) is 0. The van der Waals surface area contributed by atoms with Gasteiger partial charge in [0.25, 0.3) is 5.24 Å². The SMILES string of the molecule is Nc1ccc(F)cc1NC(=O)C1CSC(=O)N1. The quantitative estimate of drug-likeness (QED) is 0.693. The van der Waals surface area contributed by atoms with Gasteiger partial charge in [-0.15, -0.1) is 0 Å². The zero-order valence-electron chi connectivity index (χ0n) is 8.70. The maximum atomic E-state index is 13.0. The number of halogens is 1. The Bertz CT molecular complexity index is 481. The summed E-state index contributed by atoms with van der Waals surface area (Å²) < 4.78 is 13.0. The molecule has 1 fully saturated rings. The first-order chi connectivity index (χ1) is 8.06. The number of nitrogens with two attached hydrogens (primary N) is 1. The Kier molecular flexibility index (Phi) is 3.19. The summed E-state index contributed by atoms with van der Waals surface area (Å²) in [5.74, 6) is -0.528. The molecule has 1 aromatic rings. The predicted molar refractivity (Wildman–Crippen MR) is 64.2 cm³/mol. The lowest BCUT2D eigenvalue weighted by atomic mass is 10.2. The molecule has 0 radical (unpaired) electrons. The summed E-state index contributed by atoms with van der Waals surface area (Å²) in [6.45, 7) is 0. The molecule has 1 atom stereocenters. The van der Waals surface area contributed by atoms with E-state index in [1.807, 2.05) is 0 Å². The van der Waals surface area contributed by atoms with Crippen LogP contribution in [0.1, 0.15) is 0 Å². The molecule has 90 valence electrons. The van der Waals surface area contributed by atoms with Gasteiger partial charge in [0.05, 0.1) is 11.4 Å². The minimum atomic E-state index is -0.602. The first-order valence-corrected chi connectivity index (χ1v) is 5.84. The van der Waals surface area contributed by atoms with Crippen molar-refractivity contribution in [1.82, 2.24) is 5.32 Å². The third-order valence-corrected chi connectivity index (χ3v) is 3.14. The number of benzene rings is 1. The fraction of sp³-hybridized carbons (Fsp3) is 0.200. The van der Waals surface area contributed by atoms with Gasteiger partial charge >= 0.3 is 0 Å². The van der Waals surface area contributed by atoms with Gasteiger partial charge in [0.15, 0.2) is 0 Å². The van der Waals surface area contributed by atoms with E-state index in [-0.39, 0.29) is 16.6 Å². The monoisotopic (exact) mass is 255 g/mol.